The molecule has 0 unspecified atom stereocenters. The van der Waals surface area contributed by atoms with Crippen LogP contribution in [0.1, 0.15) is 37.3 Å². The number of aromatic nitrogens is 1. The van der Waals surface area contributed by atoms with Crippen LogP contribution in [-0.4, -0.2) is 16.0 Å². The first-order chi connectivity index (χ1) is 16.0. The number of amides is 1. The Balaban J connectivity index is 1.44. The summed E-state index contributed by atoms with van der Waals surface area (Å²) in [5.74, 6) is 0.708. The number of thiocarbonyl (C=S) groups is 1. The van der Waals surface area contributed by atoms with Crippen LogP contribution in [-0.2, 0) is 4.79 Å². The molecule has 0 fully saturated rings. The molecule has 0 aliphatic carbocycles. The van der Waals surface area contributed by atoms with Crippen molar-refractivity contribution in [2.45, 2.75) is 26.2 Å². The van der Waals surface area contributed by atoms with Gasteiger partial charge in [-0.05, 0) is 72.1 Å². The first-order valence-electron chi connectivity index (χ1n) is 10.9. The van der Waals surface area contributed by atoms with Crippen molar-refractivity contribution in [2.75, 3.05) is 5.32 Å². The summed E-state index contributed by atoms with van der Waals surface area (Å²) in [5.41, 5.74) is 5.33. The highest BCUT2D eigenvalue weighted by Crippen LogP contribution is 2.29. The monoisotopic (exact) mass is 455 g/mol. The van der Waals surface area contributed by atoms with Crippen molar-refractivity contribution >= 4 is 46.1 Å². The topological polar surface area (TPSA) is 67.2 Å². The van der Waals surface area contributed by atoms with Gasteiger partial charge in [0.15, 0.2) is 10.7 Å². The first-order valence-corrected chi connectivity index (χ1v) is 11.3. The van der Waals surface area contributed by atoms with Crippen LogP contribution in [0.15, 0.2) is 83.3 Å². The number of hydrogen-bond donors (Lipinski definition) is 2. The third-order valence-electron chi connectivity index (χ3n) is 5.42. The van der Waals surface area contributed by atoms with Gasteiger partial charge in [0.2, 0.25) is 11.8 Å². The Kier molecular flexibility index (Phi) is 6.95. The van der Waals surface area contributed by atoms with E-state index in [0.29, 0.717) is 11.8 Å². The number of anilines is 1. The third kappa shape index (κ3) is 5.73. The summed E-state index contributed by atoms with van der Waals surface area (Å²) in [6, 6.07) is 23.3. The molecule has 3 aromatic carbocycles. The molecule has 0 saturated carbocycles. The molecular formula is C27H25N3O2S. The molecule has 4 rings (SSSR count). The molecule has 2 N–H and O–H groups in total. The third-order valence-corrected chi connectivity index (χ3v) is 5.63. The van der Waals surface area contributed by atoms with Gasteiger partial charge in [0, 0.05) is 17.3 Å². The minimum Gasteiger partial charge on any atom is -0.436 e. The van der Waals surface area contributed by atoms with Crippen LogP contribution >= 0.6 is 12.2 Å². The van der Waals surface area contributed by atoms with Gasteiger partial charge in [0.25, 0.3) is 0 Å². The van der Waals surface area contributed by atoms with E-state index in [4.69, 9.17) is 16.6 Å². The quantitative estimate of drug-likeness (QED) is 0.255. The normalized spacial score (nSPS) is 12.1. The van der Waals surface area contributed by atoms with Crippen molar-refractivity contribution in [3.63, 3.8) is 0 Å². The van der Waals surface area contributed by atoms with Crippen molar-refractivity contribution in [3.05, 3.63) is 90.0 Å². The molecule has 5 nitrogen and oxygen atoms in total. The maximum absolute atomic E-state index is 12.2. The second-order valence-electron chi connectivity index (χ2n) is 7.82. The molecule has 0 aliphatic heterocycles. The predicted octanol–water partition coefficient (Wildman–Crippen LogP) is 6.53. The number of oxazole rings is 1. The zero-order valence-electron chi connectivity index (χ0n) is 18.5. The molecule has 0 aliphatic rings. The summed E-state index contributed by atoms with van der Waals surface area (Å²) in [6.45, 7) is 4.38. The molecule has 0 bridgehead atoms. The lowest BCUT2D eigenvalue weighted by molar-refractivity contribution is -0.115. The first kappa shape index (κ1) is 22.4. The molecule has 166 valence electrons. The van der Waals surface area contributed by atoms with Gasteiger partial charge < -0.3 is 9.73 Å². The molecule has 6 heteroatoms. The van der Waals surface area contributed by atoms with Gasteiger partial charge in [-0.25, -0.2) is 4.98 Å². The van der Waals surface area contributed by atoms with Gasteiger partial charge in [0.1, 0.15) is 5.52 Å². The molecule has 1 aromatic heterocycles. The van der Waals surface area contributed by atoms with Gasteiger partial charge in [0.05, 0.1) is 0 Å². The van der Waals surface area contributed by atoms with Crippen LogP contribution in [0, 0.1) is 0 Å². The zero-order chi connectivity index (χ0) is 23.2. The van der Waals surface area contributed by atoms with Gasteiger partial charge in [-0.1, -0.05) is 56.3 Å². The van der Waals surface area contributed by atoms with Crippen LogP contribution in [0.5, 0.6) is 0 Å². The Morgan fingerprint density at radius 3 is 2.70 bits per heavy atom. The van der Waals surface area contributed by atoms with E-state index in [1.807, 2.05) is 60.7 Å². The number of benzene rings is 3. The van der Waals surface area contributed by atoms with Crippen LogP contribution < -0.4 is 10.6 Å². The Bertz CT molecular complexity index is 1310. The van der Waals surface area contributed by atoms with Crippen molar-refractivity contribution < 1.29 is 9.21 Å². The molecule has 1 atom stereocenters. The number of nitrogens with zero attached hydrogens (tertiary/aromatic N) is 1. The highest BCUT2D eigenvalue weighted by Gasteiger charge is 2.12. The van der Waals surface area contributed by atoms with Gasteiger partial charge in [-0.15, -0.1) is 0 Å². The average molecular weight is 456 g/mol. The lowest BCUT2D eigenvalue weighted by Crippen LogP contribution is -2.32. The summed E-state index contributed by atoms with van der Waals surface area (Å²) < 4.78 is 5.97. The Morgan fingerprint density at radius 2 is 1.91 bits per heavy atom. The summed E-state index contributed by atoms with van der Waals surface area (Å²) in [5, 5.41) is 5.91. The summed E-state index contributed by atoms with van der Waals surface area (Å²) >= 11 is 5.29. The molecule has 4 aromatic rings. The fourth-order valence-electron chi connectivity index (χ4n) is 3.39. The van der Waals surface area contributed by atoms with E-state index in [1.165, 1.54) is 11.6 Å². The lowest BCUT2D eigenvalue weighted by atomic mass is 9.98. The summed E-state index contributed by atoms with van der Waals surface area (Å²) in [7, 11) is 0. The van der Waals surface area contributed by atoms with E-state index in [2.05, 4.69) is 41.6 Å². The van der Waals surface area contributed by atoms with Crippen LogP contribution in [0.3, 0.4) is 0 Å². The summed E-state index contributed by atoms with van der Waals surface area (Å²) in [6.07, 6.45) is 4.26. The summed E-state index contributed by atoms with van der Waals surface area (Å²) in [4.78, 5) is 16.8. The molecule has 33 heavy (non-hydrogen) atoms. The molecule has 1 heterocycles. The maximum Gasteiger partial charge on any atom is 0.250 e. The Labute approximate surface area is 198 Å². The number of rotatable bonds is 6. The van der Waals surface area contributed by atoms with Crippen LogP contribution in [0.25, 0.3) is 28.6 Å². The van der Waals surface area contributed by atoms with Crippen molar-refractivity contribution in [3.8, 4) is 11.5 Å². The van der Waals surface area contributed by atoms with Crippen molar-refractivity contribution in [2.24, 2.45) is 0 Å². The second-order valence-corrected chi connectivity index (χ2v) is 8.23. The van der Waals surface area contributed by atoms with E-state index in [-0.39, 0.29) is 11.0 Å². The Hall–Kier alpha value is -3.77. The number of nitrogens with one attached hydrogen (secondary N) is 2. The molecule has 1 amide bonds. The largest absolute Gasteiger partial charge is 0.436 e. The van der Waals surface area contributed by atoms with Crippen molar-refractivity contribution in [1.82, 2.24) is 10.3 Å². The fraction of sp³-hybridized carbons (Fsp3) is 0.148. The predicted molar refractivity (Wildman–Crippen MR) is 138 cm³/mol. The molecule has 0 radical (unpaired) electrons. The molecule has 0 spiro atoms. The zero-order valence-corrected chi connectivity index (χ0v) is 19.4. The number of carbonyl (C=O) groups is 1. The van der Waals surface area contributed by atoms with Crippen LogP contribution in [0.2, 0.25) is 0 Å². The maximum atomic E-state index is 12.2. The van der Waals surface area contributed by atoms with Gasteiger partial charge >= 0.3 is 0 Å². The highest BCUT2D eigenvalue weighted by molar-refractivity contribution is 7.80. The van der Waals surface area contributed by atoms with E-state index < -0.39 is 0 Å². The second kappa shape index (κ2) is 10.2. The van der Waals surface area contributed by atoms with E-state index in [0.717, 1.165) is 34.3 Å². The lowest BCUT2D eigenvalue weighted by Gasteiger charge is -2.08. The average Bonchev–Trinajstić information content (AvgIpc) is 3.26. The van der Waals surface area contributed by atoms with Crippen molar-refractivity contribution in [1.29, 1.82) is 0 Å². The fourth-order valence-corrected chi connectivity index (χ4v) is 3.61. The minimum atomic E-state index is -0.302. The van der Waals surface area contributed by atoms with E-state index >= 15 is 0 Å². The smallest absolute Gasteiger partial charge is 0.250 e. The molecule has 0 saturated heterocycles. The molecular weight excluding hydrogens is 430 g/mol. The standard InChI is InChI=1S/C27H25N3O2S/c1-3-18(2)20-13-14-24-23(17-20)29-26(32-24)21-10-7-11-22(16-21)28-27(33)30-25(31)15-12-19-8-5-4-6-9-19/h4-18H,3H2,1-2H3,(H2,28,30,31,33)/b15-12+/t18-/m1/s1. The van der Waals surface area contributed by atoms with Crippen LogP contribution in [0.4, 0.5) is 5.69 Å². The van der Waals surface area contributed by atoms with Gasteiger partial charge in [-0.3, -0.25) is 10.1 Å². The van der Waals surface area contributed by atoms with E-state index in [1.54, 1.807) is 6.08 Å². The highest BCUT2D eigenvalue weighted by atomic mass is 32.1. The number of carbonyl (C=O) groups excluding carboxylic acids is 1. The number of fused-ring (bicyclic) bond motifs is 1. The SMILES string of the molecule is CC[C@@H](C)c1ccc2oc(-c3cccc(NC(=S)NC(=O)/C=C/c4ccccc4)c3)nc2c1. The Morgan fingerprint density at radius 1 is 1.09 bits per heavy atom. The van der Waals surface area contributed by atoms with Gasteiger partial charge in [-0.2, -0.15) is 0 Å². The minimum absolute atomic E-state index is 0.214. The number of hydrogen-bond acceptors (Lipinski definition) is 4. The van der Waals surface area contributed by atoms with E-state index in [9.17, 15) is 4.79 Å².